The Kier molecular flexibility index (Phi) is 4.58. The van der Waals surface area contributed by atoms with Crippen LogP contribution in [0.5, 0.6) is 5.88 Å². The summed E-state index contributed by atoms with van der Waals surface area (Å²) in [5.41, 5.74) is 6.56. The zero-order valence-corrected chi connectivity index (χ0v) is 12.9. The van der Waals surface area contributed by atoms with E-state index in [1.54, 1.807) is 12.3 Å². The summed E-state index contributed by atoms with van der Waals surface area (Å²) in [6, 6.07) is 5.50. The number of nitrogens with zero attached hydrogens (tertiary/aromatic N) is 3. The molecule has 3 rings (SSSR count). The van der Waals surface area contributed by atoms with Crippen molar-refractivity contribution in [3.8, 4) is 5.88 Å². The van der Waals surface area contributed by atoms with Gasteiger partial charge in [0.15, 0.2) is 0 Å². The molecule has 6 nitrogen and oxygen atoms in total. The highest BCUT2D eigenvalue weighted by molar-refractivity contribution is 6.29. The molecule has 116 valence electrons. The second-order valence-electron chi connectivity index (χ2n) is 5.28. The maximum atomic E-state index is 6.01. The normalized spacial score (nSPS) is 15.0. The lowest BCUT2D eigenvalue weighted by Crippen LogP contribution is -2.14. The van der Waals surface area contributed by atoms with Gasteiger partial charge < -0.3 is 15.8 Å². The largest absolute Gasteiger partial charge is 0.474 e. The van der Waals surface area contributed by atoms with Crippen LogP contribution in [0.4, 0.5) is 11.8 Å². The van der Waals surface area contributed by atoms with E-state index < -0.39 is 0 Å². The fraction of sp³-hybridized carbons (Fsp3) is 0.400. The Balaban J connectivity index is 1.69. The van der Waals surface area contributed by atoms with Crippen LogP contribution in [0.1, 0.15) is 31.2 Å². The SMILES string of the molecule is Nc1nc(Cl)cc(NCc2cccnc2OC2CCCC2)n1. The van der Waals surface area contributed by atoms with Gasteiger partial charge in [-0.2, -0.15) is 4.98 Å². The highest BCUT2D eigenvalue weighted by Gasteiger charge is 2.18. The first-order chi connectivity index (χ1) is 10.7. The van der Waals surface area contributed by atoms with Gasteiger partial charge in [-0.3, -0.25) is 0 Å². The smallest absolute Gasteiger partial charge is 0.223 e. The fourth-order valence-electron chi connectivity index (χ4n) is 2.54. The molecule has 2 heterocycles. The lowest BCUT2D eigenvalue weighted by Gasteiger charge is -2.15. The Labute approximate surface area is 134 Å². The molecule has 0 aromatic carbocycles. The summed E-state index contributed by atoms with van der Waals surface area (Å²) in [6.07, 6.45) is 6.67. The van der Waals surface area contributed by atoms with Crippen molar-refractivity contribution in [2.75, 3.05) is 11.1 Å². The van der Waals surface area contributed by atoms with E-state index in [0.29, 0.717) is 23.4 Å². The predicted octanol–water partition coefficient (Wildman–Crippen LogP) is 3.04. The Bertz CT molecular complexity index is 625. The van der Waals surface area contributed by atoms with Crippen molar-refractivity contribution < 1.29 is 4.74 Å². The second-order valence-corrected chi connectivity index (χ2v) is 5.67. The molecule has 2 aromatic rings. The molecule has 0 unspecified atom stereocenters. The van der Waals surface area contributed by atoms with E-state index in [2.05, 4.69) is 20.3 Å². The molecule has 2 aromatic heterocycles. The molecular formula is C15H18ClN5O. The summed E-state index contributed by atoms with van der Waals surface area (Å²) >= 11 is 5.87. The molecule has 0 bridgehead atoms. The van der Waals surface area contributed by atoms with E-state index in [4.69, 9.17) is 22.1 Å². The lowest BCUT2D eigenvalue weighted by atomic mass is 10.2. The van der Waals surface area contributed by atoms with Gasteiger partial charge in [0, 0.05) is 24.4 Å². The summed E-state index contributed by atoms with van der Waals surface area (Å²) in [4.78, 5) is 12.3. The minimum atomic E-state index is 0.142. The van der Waals surface area contributed by atoms with Crippen molar-refractivity contribution in [3.63, 3.8) is 0 Å². The Morgan fingerprint density at radius 3 is 2.91 bits per heavy atom. The number of nitrogens with two attached hydrogens (primary N) is 1. The van der Waals surface area contributed by atoms with Gasteiger partial charge in [-0.25, -0.2) is 9.97 Å². The van der Waals surface area contributed by atoms with Crippen LogP contribution in [0.2, 0.25) is 5.15 Å². The van der Waals surface area contributed by atoms with Gasteiger partial charge >= 0.3 is 0 Å². The maximum absolute atomic E-state index is 6.01. The van der Waals surface area contributed by atoms with Crippen molar-refractivity contribution in [3.05, 3.63) is 35.1 Å². The molecule has 0 atom stereocenters. The quantitative estimate of drug-likeness (QED) is 0.824. The van der Waals surface area contributed by atoms with Crippen LogP contribution in [-0.4, -0.2) is 21.1 Å². The third-order valence-electron chi connectivity index (χ3n) is 3.60. The van der Waals surface area contributed by atoms with E-state index in [-0.39, 0.29) is 12.1 Å². The first-order valence-corrected chi connectivity index (χ1v) is 7.73. The van der Waals surface area contributed by atoms with E-state index in [1.165, 1.54) is 12.8 Å². The third-order valence-corrected chi connectivity index (χ3v) is 3.80. The molecule has 22 heavy (non-hydrogen) atoms. The monoisotopic (exact) mass is 319 g/mol. The Morgan fingerprint density at radius 2 is 2.14 bits per heavy atom. The van der Waals surface area contributed by atoms with Crippen LogP contribution in [0, 0.1) is 0 Å². The number of anilines is 2. The summed E-state index contributed by atoms with van der Waals surface area (Å²) < 4.78 is 6.01. The zero-order valence-electron chi connectivity index (χ0n) is 12.1. The Morgan fingerprint density at radius 1 is 1.32 bits per heavy atom. The summed E-state index contributed by atoms with van der Waals surface area (Å²) in [7, 11) is 0. The molecule has 0 amide bonds. The van der Waals surface area contributed by atoms with E-state index >= 15 is 0 Å². The molecule has 1 aliphatic rings. The molecular weight excluding hydrogens is 302 g/mol. The van der Waals surface area contributed by atoms with Gasteiger partial charge in [0.25, 0.3) is 0 Å². The molecule has 0 spiro atoms. The maximum Gasteiger partial charge on any atom is 0.223 e. The van der Waals surface area contributed by atoms with E-state index in [0.717, 1.165) is 18.4 Å². The van der Waals surface area contributed by atoms with Crippen molar-refractivity contribution in [1.29, 1.82) is 0 Å². The fourth-order valence-corrected chi connectivity index (χ4v) is 2.73. The van der Waals surface area contributed by atoms with Crippen molar-refractivity contribution in [2.45, 2.75) is 38.3 Å². The standard InChI is InChI=1S/C15H18ClN5O/c16-12-8-13(21-15(17)20-12)19-9-10-4-3-7-18-14(10)22-11-5-1-2-6-11/h3-4,7-8,11H,1-2,5-6,9H2,(H3,17,19,20,21). The topological polar surface area (TPSA) is 86.0 Å². The molecule has 7 heteroatoms. The third kappa shape index (κ3) is 3.76. The molecule has 1 aliphatic carbocycles. The number of nitrogens with one attached hydrogen (secondary N) is 1. The van der Waals surface area contributed by atoms with Crippen molar-refractivity contribution in [2.24, 2.45) is 0 Å². The molecule has 0 saturated heterocycles. The molecule has 1 fully saturated rings. The average molecular weight is 320 g/mol. The number of ether oxygens (including phenoxy) is 1. The van der Waals surface area contributed by atoms with Crippen LogP contribution in [0.15, 0.2) is 24.4 Å². The minimum absolute atomic E-state index is 0.142. The van der Waals surface area contributed by atoms with Gasteiger partial charge in [0.1, 0.15) is 17.1 Å². The average Bonchev–Trinajstić information content (AvgIpc) is 2.98. The highest BCUT2D eigenvalue weighted by Crippen LogP contribution is 2.25. The number of rotatable bonds is 5. The van der Waals surface area contributed by atoms with Gasteiger partial charge in [-0.05, 0) is 31.7 Å². The first kappa shape index (κ1) is 14.8. The number of nitrogen functional groups attached to an aromatic ring is 1. The second kappa shape index (κ2) is 6.79. The number of aromatic nitrogens is 3. The van der Waals surface area contributed by atoms with Crippen molar-refractivity contribution >= 4 is 23.4 Å². The summed E-state index contributed by atoms with van der Waals surface area (Å²) in [6.45, 7) is 0.530. The van der Waals surface area contributed by atoms with Crippen LogP contribution in [0.25, 0.3) is 0 Å². The zero-order chi connectivity index (χ0) is 15.4. The Hall–Kier alpha value is -2.08. The van der Waals surface area contributed by atoms with Crippen LogP contribution in [0.3, 0.4) is 0 Å². The molecule has 0 aliphatic heterocycles. The van der Waals surface area contributed by atoms with Gasteiger partial charge in [-0.1, -0.05) is 17.7 Å². The summed E-state index contributed by atoms with van der Waals surface area (Å²) in [5.74, 6) is 1.40. The molecule has 3 N–H and O–H groups in total. The lowest BCUT2D eigenvalue weighted by molar-refractivity contribution is 0.199. The first-order valence-electron chi connectivity index (χ1n) is 7.35. The molecule has 0 radical (unpaired) electrons. The number of halogens is 1. The van der Waals surface area contributed by atoms with Gasteiger partial charge in [0.2, 0.25) is 11.8 Å². The molecule has 1 saturated carbocycles. The van der Waals surface area contributed by atoms with Crippen molar-refractivity contribution in [1.82, 2.24) is 15.0 Å². The van der Waals surface area contributed by atoms with Crippen LogP contribution in [-0.2, 0) is 6.54 Å². The van der Waals surface area contributed by atoms with E-state index in [1.807, 2.05) is 12.1 Å². The van der Waals surface area contributed by atoms with Gasteiger partial charge in [0.05, 0.1) is 0 Å². The number of hydrogen-bond acceptors (Lipinski definition) is 6. The number of hydrogen-bond donors (Lipinski definition) is 2. The minimum Gasteiger partial charge on any atom is -0.474 e. The van der Waals surface area contributed by atoms with E-state index in [9.17, 15) is 0 Å². The number of pyridine rings is 1. The van der Waals surface area contributed by atoms with Gasteiger partial charge in [-0.15, -0.1) is 0 Å². The van der Waals surface area contributed by atoms with Crippen LogP contribution >= 0.6 is 11.6 Å². The predicted molar refractivity (Wildman–Crippen MR) is 85.9 cm³/mol. The summed E-state index contributed by atoms with van der Waals surface area (Å²) in [5, 5.41) is 3.48. The van der Waals surface area contributed by atoms with Crippen LogP contribution < -0.4 is 15.8 Å². The highest BCUT2D eigenvalue weighted by atomic mass is 35.5.